The standard InChI is InChI=1S/C12H17NOS/c1-9-4-6-13-8-11(9)12(14)5-3-7-15-10(12)2/h4,6,8,10,14H,3,5,7H2,1-2H3. The molecule has 0 spiro atoms. The molecule has 1 N–H and O–H groups in total. The second-order valence-corrected chi connectivity index (χ2v) is 5.68. The zero-order valence-corrected chi connectivity index (χ0v) is 10.0. The van der Waals surface area contributed by atoms with Gasteiger partial charge in [-0.25, -0.2) is 0 Å². The normalized spacial score (nSPS) is 31.5. The van der Waals surface area contributed by atoms with Crippen molar-refractivity contribution in [2.24, 2.45) is 0 Å². The third kappa shape index (κ3) is 1.91. The molecule has 1 aliphatic rings. The van der Waals surface area contributed by atoms with Crippen LogP contribution in [0.3, 0.4) is 0 Å². The van der Waals surface area contributed by atoms with E-state index in [1.165, 1.54) is 0 Å². The fourth-order valence-corrected chi connectivity index (χ4v) is 3.40. The van der Waals surface area contributed by atoms with Gasteiger partial charge in [-0.3, -0.25) is 4.98 Å². The number of rotatable bonds is 1. The van der Waals surface area contributed by atoms with Crippen LogP contribution >= 0.6 is 11.8 Å². The summed E-state index contributed by atoms with van der Waals surface area (Å²) in [5, 5.41) is 11.0. The summed E-state index contributed by atoms with van der Waals surface area (Å²) in [7, 11) is 0. The number of thioether (sulfide) groups is 1. The maximum Gasteiger partial charge on any atom is 0.103 e. The Labute approximate surface area is 95.1 Å². The predicted octanol–water partition coefficient (Wildman–Crippen LogP) is 2.49. The van der Waals surface area contributed by atoms with Crippen LogP contribution in [0.2, 0.25) is 0 Å². The third-order valence-corrected chi connectivity index (χ3v) is 4.66. The monoisotopic (exact) mass is 223 g/mol. The quantitative estimate of drug-likeness (QED) is 0.794. The first kappa shape index (κ1) is 11.0. The summed E-state index contributed by atoms with van der Waals surface area (Å²) in [5.41, 5.74) is 1.47. The first-order valence-electron chi connectivity index (χ1n) is 5.39. The fourth-order valence-electron chi connectivity index (χ4n) is 2.21. The maximum absolute atomic E-state index is 10.7. The Kier molecular flexibility index (Phi) is 3.03. The van der Waals surface area contributed by atoms with Crippen LogP contribution in [0.4, 0.5) is 0 Å². The Morgan fingerprint density at radius 2 is 2.40 bits per heavy atom. The Morgan fingerprint density at radius 1 is 1.60 bits per heavy atom. The molecule has 3 heteroatoms. The van der Waals surface area contributed by atoms with Crippen LogP contribution < -0.4 is 0 Å². The summed E-state index contributed by atoms with van der Waals surface area (Å²) in [5.74, 6) is 1.16. The highest BCUT2D eigenvalue weighted by Gasteiger charge is 2.39. The molecule has 1 aliphatic heterocycles. The zero-order chi connectivity index (χ0) is 10.9. The van der Waals surface area contributed by atoms with Crippen molar-refractivity contribution in [3.63, 3.8) is 0 Å². The van der Waals surface area contributed by atoms with Crippen molar-refractivity contribution in [2.75, 3.05) is 5.75 Å². The molecule has 2 atom stereocenters. The van der Waals surface area contributed by atoms with E-state index in [0.717, 1.165) is 29.7 Å². The molecule has 1 aromatic rings. The lowest BCUT2D eigenvalue weighted by Crippen LogP contribution is -2.39. The summed E-state index contributed by atoms with van der Waals surface area (Å²) in [4.78, 5) is 4.13. The van der Waals surface area contributed by atoms with E-state index in [1.54, 1.807) is 6.20 Å². The predicted molar refractivity (Wildman–Crippen MR) is 64.0 cm³/mol. The Balaban J connectivity index is 2.39. The van der Waals surface area contributed by atoms with Crippen LogP contribution in [0, 0.1) is 6.92 Å². The Bertz CT molecular complexity index is 355. The van der Waals surface area contributed by atoms with Crippen molar-refractivity contribution < 1.29 is 5.11 Å². The minimum absolute atomic E-state index is 0.258. The highest BCUT2D eigenvalue weighted by Crippen LogP contribution is 2.41. The van der Waals surface area contributed by atoms with Crippen LogP contribution in [-0.4, -0.2) is 21.1 Å². The molecule has 0 amide bonds. The van der Waals surface area contributed by atoms with Crippen molar-refractivity contribution in [2.45, 2.75) is 37.5 Å². The van der Waals surface area contributed by atoms with Crippen LogP contribution in [0.5, 0.6) is 0 Å². The van der Waals surface area contributed by atoms with E-state index in [9.17, 15) is 5.11 Å². The van der Waals surface area contributed by atoms with Gasteiger partial charge in [0.25, 0.3) is 0 Å². The minimum Gasteiger partial charge on any atom is -0.384 e. The molecule has 2 heterocycles. The van der Waals surface area contributed by atoms with Crippen molar-refractivity contribution in [1.29, 1.82) is 0 Å². The van der Waals surface area contributed by atoms with Gasteiger partial charge in [-0.05, 0) is 37.1 Å². The Hall–Kier alpha value is -0.540. The van der Waals surface area contributed by atoms with E-state index < -0.39 is 5.60 Å². The van der Waals surface area contributed by atoms with Crippen molar-refractivity contribution >= 4 is 11.8 Å². The molecule has 0 saturated carbocycles. The van der Waals surface area contributed by atoms with Gasteiger partial charge in [-0.15, -0.1) is 0 Å². The second kappa shape index (κ2) is 4.14. The summed E-state index contributed by atoms with van der Waals surface area (Å²) in [6, 6.07) is 1.97. The summed E-state index contributed by atoms with van der Waals surface area (Å²) >= 11 is 1.85. The smallest absolute Gasteiger partial charge is 0.103 e. The van der Waals surface area contributed by atoms with Crippen molar-refractivity contribution in [3.05, 3.63) is 29.6 Å². The molecule has 1 saturated heterocycles. The average Bonchev–Trinajstić information content (AvgIpc) is 2.23. The number of aliphatic hydroxyl groups is 1. The molecule has 2 rings (SSSR count). The van der Waals surface area contributed by atoms with E-state index in [4.69, 9.17) is 0 Å². The molecular formula is C12H17NOS. The van der Waals surface area contributed by atoms with Gasteiger partial charge >= 0.3 is 0 Å². The topological polar surface area (TPSA) is 33.1 Å². The molecule has 1 fully saturated rings. The number of hydrogen-bond acceptors (Lipinski definition) is 3. The van der Waals surface area contributed by atoms with E-state index >= 15 is 0 Å². The molecule has 0 aromatic carbocycles. The first-order chi connectivity index (χ1) is 7.14. The molecule has 0 radical (unpaired) electrons. The highest BCUT2D eigenvalue weighted by atomic mass is 32.2. The fraction of sp³-hybridized carbons (Fsp3) is 0.583. The lowest BCUT2D eigenvalue weighted by Gasteiger charge is -2.38. The molecule has 2 unspecified atom stereocenters. The zero-order valence-electron chi connectivity index (χ0n) is 9.23. The lowest BCUT2D eigenvalue weighted by molar-refractivity contribution is 0.0245. The van der Waals surface area contributed by atoms with Crippen LogP contribution in [0.1, 0.15) is 30.9 Å². The number of nitrogens with zero attached hydrogens (tertiary/aromatic N) is 1. The van der Waals surface area contributed by atoms with Gasteiger partial charge < -0.3 is 5.11 Å². The largest absolute Gasteiger partial charge is 0.384 e. The third-order valence-electron chi connectivity index (χ3n) is 3.25. The molecule has 0 aliphatic carbocycles. The summed E-state index contributed by atoms with van der Waals surface area (Å²) in [6.07, 6.45) is 5.54. The van der Waals surface area contributed by atoms with Gasteiger partial charge in [-0.2, -0.15) is 11.8 Å². The first-order valence-corrected chi connectivity index (χ1v) is 6.44. The SMILES string of the molecule is Cc1ccncc1C1(O)CCCSC1C. The average molecular weight is 223 g/mol. The minimum atomic E-state index is -0.679. The molecule has 2 nitrogen and oxygen atoms in total. The van der Waals surface area contributed by atoms with E-state index in [1.807, 2.05) is 30.9 Å². The lowest BCUT2D eigenvalue weighted by atomic mass is 9.85. The van der Waals surface area contributed by atoms with Crippen molar-refractivity contribution in [1.82, 2.24) is 4.98 Å². The van der Waals surface area contributed by atoms with Gasteiger partial charge in [0, 0.05) is 23.2 Å². The van der Waals surface area contributed by atoms with E-state index in [-0.39, 0.29) is 5.25 Å². The summed E-state index contributed by atoms with van der Waals surface area (Å²) < 4.78 is 0. The second-order valence-electron chi connectivity index (χ2n) is 4.23. The van der Waals surface area contributed by atoms with E-state index in [2.05, 4.69) is 11.9 Å². The molecule has 82 valence electrons. The number of hydrogen-bond donors (Lipinski definition) is 1. The van der Waals surface area contributed by atoms with Gasteiger partial charge in [-0.1, -0.05) is 6.92 Å². The molecule has 0 bridgehead atoms. The summed E-state index contributed by atoms with van der Waals surface area (Å²) in [6.45, 7) is 4.15. The maximum atomic E-state index is 10.7. The molecule has 15 heavy (non-hydrogen) atoms. The van der Waals surface area contributed by atoms with Gasteiger partial charge in [0.1, 0.15) is 5.60 Å². The van der Waals surface area contributed by atoms with E-state index in [0.29, 0.717) is 0 Å². The van der Waals surface area contributed by atoms with Crippen LogP contribution in [0.25, 0.3) is 0 Å². The van der Waals surface area contributed by atoms with Crippen molar-refractivity contribution in [3.8, 4) is 0 Å². The van der Waals surface area contributed by atoms with Crippen LogP contribution in [0.15, 0.2) is 18.5 Å². The molecular weight excluding hydrogens is 206 g/mol. The number of pyridine rings is 1. The van der Waals surface area contributed by atoms with Crippen LogP contribution in [-0.2, 0) is 5.60 Å². The van der Waals surface area contributed by atoms with Gasteiger partial charge in [0.15, 0.2) is 0 Å². The van der Waals surface area contributed by atoms with Gasteiger partial charge in [0.05, 0.1) is 0 Å². The number of aromatic nitrogens is 1. The number of aryl methyl sites for hydroxylation is 1. The highest BCUT2D eigenvalue weighted by molar-refractivity contribution is 8.00. The Morgan fingerprint density at radius 3 is 3.07 bits per heavy atom. The van der Waals surface area contributed by atoms with Gasteiger partial charge in [0.2, 0.25) is 0 Å². The molecule has 1 aromatic heterocycles.